The van der Waals surface area contributed by atoms with Gasteiger partial charge in [0.2, 0.25) is 5.89 Å². The van der Waals surface area contributed by atoms with Crippen LogP contribution in [-0.4, -0.2) is 32.8 Å². The molecule has 0 aliphatic carbocycles. The topological polar surface area (TPSA) is 86.2 Å². The normalized spacial score (nSPS) is 23.1. The molecule has 6 nitrogen and oxygen atoms in total. The van der Waals surface area contributed by atoms with Crippen LogP contribution in [0.5, 0.6) is 0 Å². The lowest BCUT2D eigenvalue weighted by atomic mass is 10.2. The van der Waals surface area contributed by atoms with Crippen molar-refractivity contribution < 1.29 is 9.63 Å². The van der Waals surface area contributed by atoms with Crippen molar-refractivity contribution in [2.45, 2.75) is 32.0 Å². The summed E-state index contributed by atoms with van der Waals surface area (Å²) in [5, 5.41) is 24.4. The summed E-state index contributed by atoms with van der Waals surface area (Å²) in [7, 11) is 0. The van der Waals surface area contributed by atoms with Gasteiger partial charge < -0.3 is 9.63 Å². The first kappa shape index (κ1) is 13.2. The Hall–Kier alpha value is -1.75. The molecule has 0 radical (unpaired) electrons. The fourth-order valence-electron chi connectivity index (χ4n) is 2.48. The number of likely N-dealkylation sites (tertiary alicyclic amines) is 1. The van der Waals surface area contributed by atoms with Gasteiger partial charge in [0.25, 0.3) is 0 Å². The van der Waals surface area contributed by atoms with E-state index < -0.39 is 0 Å². The van der Waals surface area contributed by atoms with Gasteiger partial charge in [0.05, 0.1) is 17.7 Å². The van der Waals surface area contributed by atoms with Gasteiger partial charge in [0.15, 0.2) is 5.82 Å². The second kappa shape index (κ2) is 5.32. The second-order valence-corrected chi connectivity index (χ2v) is 5.92. The van der Waals surface area contributed by atoms with Crippen LogP contribution in [0.3, 0.4) is 0 Å². The number of aliphatic hydroxyl groups is 1. The number of rotatable bonds is 3. The number of β-amino-alcohol motifs (C(OH)–C–C–N with tert-alkyl or cyclic N) is 1. The fraction of sp³-hybridized carbons (Fsp3) is 0.462. The van der Waals surface area contributed by atoms with E-state index in [9.17, 15) is 5.11 Å². The second-order valence-electron chi connectivity index (χ2n) is 4.93. The molecule has 0 spiro atoms. The van der Waals surface area contributed by atoms with Crippen molar-refractivity contribution in [1.29, 1.82) is 5.26 Å². The summed E-state index contributed by atoms with van der Waals surface area (Å²) in [6, 6.07) is 3.95. The number of aliphatic hydroxyl groups excluding tert-OH is 1. The molecule has 7 heteroatoms. The number of aryl methyl sites for hydroxylation is 1. The molecular formula is C13H14N4O2S. The third-order valence-electron chi connectivity index (χ3n) is 3.35. The number of thiophene rings is 1. The number of hydrogen-bond acceptors (Lipinski definition) is 7. The van der Waals surface area contributed by atoms with Gasteiger partial charge in [-0.25, -0.2) is 0 Å². The summed E-state index contributed by atoms with van der Waals surface area (Å²) in [6.07, 6.45) is 0.209. The minimum absolute atomic E-state index is 0.0566. The van der Waals surface area contributed by atoms with Crippen LogP contribution in [0.1, 0.15) is 34.6 Å². The Balaban J connectivity index is 1.78. The van der Waals surface area contributed by atoms with Gasteiger partial charge in [-0.1, -0.05) is 5.16 Å². The first-order chi connectivity index (χ1) is 9.65. The van der Waals surface area contributed by atoms with Gasteiger partial charge in [-0.2, -0.15) is 10.2 Å². The lowest BCUT2D eigenvalue weighted by molar-refractivity contribution is 0.170. The van der Waals surface area contributed by atoms with Crippen molar-refractivity contribution in [3.8, 4) is 6.07 Å². The summed E-state index contributed by atoms with van der Waals surface area (Å²) < 4.78 is 5.23. The Labute approximate surface area is 120 Å². The molecule has 1 aliphatic rings. The van der Waals surface area contributed by atoms with E-state index in [-0.39, 0.29) is 12.1 Å². The molecule has 2 atom stereocenters. The number of aromatic nitrogens is 2. The van der Waals surface area contributed by atoms with E-state index in [1.165, 1.54) is 0 Å². The third-order valence-corrected chi connectivity index (χ3v) is 4.27. The van der Waals surface area contributed by atoms with E-state index in [0.717, 1.165) is 4.88 Å². The van der Waals surface area contributed by atoms with Crippen molar-refractivity contribution in [1.82, 2.24) is 15.0 Å². The molecule has 1 fully saturated rings. The van der Waals surface area contributed by atoms with Gasteiger partial charge in [0, 0.05) is 23.3 Å². The maximum Gasteiger partial charge on any atom is 0.244 e. The quantitative estimate of drug-likeness (QED) is 0.924. The molecule has 1 saturated heterocycles. The molecular weight excluding hydrogens is 276 g/mol. The van der Waals surface area contributed by atoms with Crippen LogP contribution in [0, 0.1) is 18.3 Å². The highest BCUT2D eigenvalue weighted by atomic mass is 32.1. The Morgan fingerprint density at radius 1 is 1.65 bits per heavy atom. The lowest BCUT2D eigenvalue weighted by Crippen LogP contribution is -2.24. The fourth-order valence-corrected chi connectivity index (χ4v) is 3.32. The average Bonchev–Trinajstić information content (AvgIpc) is 3.11. The molecule has 2 aromatic heterocycles. The van der Waals surface area contributed by atoms with Crippen LogP contribution in [-0.2, 0) is 6.54 Å². The van der Waals surface area contributed by atoms with Crippen molar-refractivity contribution in [3.63, 3.8) is 0 Å². The number of nitriles is 1. The van der Waals surface area contributed by atoms with Crippen LogP contribution in [0.2, 0.25) is 0 Å². The van der Waals surface area contributed by atoms with E-state index in [1.807, 2.05) is 11.4 Å². The monoisotopic (exact) mass is 290 g/mol. The van der Waals surface area contributed by atoms with Crippen LogP contribution >= 0.6 is 11.3 Å². The summed E-state index contributed by atoms with van der Waals surface area (Å²) in [5.41, 5.74) is 0.676. The zero-order valence-electron chi connectivity index (χ0n) is 11.0. The van der Waals surface area contributed by atoms with Gasteiger partial charge in [-0.3, -0.25) is 4.90 Å². The van der Waals surface area contributed by atoms with Gasteiger partial charge in [0.1, 0.15) is 6.07 Å². The van der Waals surface area contributed by atoms with E-state index in [0.29, 0.717) is 36.8 Å². The molecule has 0 saturated carbocycles. The SMILES string of the molecule is Cc1noc([C@H]2C[C@@H](O)CN2Cc2cc(C#N)cs2)n1. The maximum atomic E-state index is 9.89. The smallest absolute Gasteiger partial charge is 0.244 e. The predicted molar refractivity (Wildman–Crippen MR) is 71.8 cm³/mol. The van der Waals surface area contributed by atoms with Gasteiger partial charge in [-0.05, 0) is 19.4 Å². The highest BCUT2D eigenvalue weighted by Gasteiger charge is 2.35. The Kier molecular flexibility index (Phi) is 3.53. The molecule has 0 amide bonds. The van der Waals surface area contributed by atoms with Crippen molar-refractivity contribution in [2.24, 2.45) is 0 Å². The van der Waals surface area contributed by atoms with Crippen LogP contribution < -0.4 is 0 Å². The number of nitrogens with zero attached hydrogens (tertiary/aromatic N) is 4. The first-order valence-electron chi connectivity index (χ1n) is 6.35. The summed E-state index contributed by atoms with van der Waals surface area (Å²) in [6.45, 7) is 3.03. The average molecular weight is 290 g/mol. The van der Waals surface area contributed by atoms with E-state index in [2.05, 4.69) is 21.1 Å². The van der Waals surface area contributed by atoms with Crippen LogP contribution in [0.15, 0.2) is 16.0 Å². The third kappa shape index (κ3) is 2.58. The number of hydrogen-bond donors (Lipinski definition) is 1. The highest BCUT2D eigenvalue weighted by molar-refractivity contribution is 7.10. The Morgan fingerprint density at radius 2 is 2.50 bits per heavy atom. The molecule has 2 aromatic rings. The van der Waals surface area contributed by atoms with Gasteiger partial charge >= 0.3 is 0 Å². The van der Waals surface area contributed by atoms with Crippen LogP contribution in [0.4, 0.5) is 0 Å². The standard InChI is InChI=1S/C13H14N4O2S/c1-8-15-13(19-16-8)12-3-10(18)5-17(12)6-11-2-9(4-14)7-20-11/h2,7,10,12,18H,3,5-6H2,1H3/t10-,12-/m1/s1. The van der Waals surface area contributed by atoms with Crippen molar-refractivity contribution in [2.75, 3.05) is 6.54 Å². The maximum absolute atomic E-state index is 9.89. The van der Waals surface area contributed by atoms with Crippen molar-refractivity contribution in [3.05, 3.63) is 33.6 Å². The molecule has 104 valence electrons. The molecule has 20 heavy (non-hydrogen) atoms. The minimum Gasteiger partial charge on any atom is -0.392 e. The van der Waals surface area contributed by atoms with Crippen LogP contribution in [0.25, 0.3) is 0 Å². The molecule has 3 rings (SSSR count). The highest BCUT2D eigenvalue weighted by Crippen LogP contribution is 2.33. The summed E-state index contributed by atoms with van der Waals surface area (Å²) in [5.74, 6) is 1.15. The zero-order valence-corrected chi connectivity index (χ0v) is 11.8. The van der Waals surface area contributed by atoms with Crippen molar-refractivity contribution >= 4 is 11.3 Å². The summed E-state index contributed by atoms with van der Waals surface area (Å²) >= 11 is 1.55. The molecule has 1 aliphatic heterocycles. The largest absolute Gasteiger partial charge is 0.392 e. The minimum atomic E-state index is -0.386. The van der Waals surface area contributed by atoms with E-state index in [1.54, 1.807) is 18.3 Å². The predicted octanol–water partition coefficient (Wildman–Crippen LogP) is 1.62. The summed E-state index contributed by atoms with van der Waals surface area (Å²) in [4.78, 5) is 7.47. The molecule has 0 aromatic carbocycles. The molecule has 0 unspecified atom stereocenters. The first-order valence-corrected chi connectivity index (χ1v) is 7.23. The van der Waals surface area contributed by atoms with E-state index >= 15 is 0 Å². The Morgan fingerprint density at radius 3 is 3.15 bits per heavy atom. The molecule has 1 N–H and O–H groups in total. The van der Waals surface area contributed by atoms with E-state index in [4.69, 9.17) is 9.78 Å². The zero-order chi connectivity index (χ0) is 14.1. The Bertz CT molecular complexity index is 645. The molecule has 0 bridgehead atoms. The van der Waals surface area contributed by atoms with Gasteiger partial charge in [-0.15, -0.1) is 11.3 Å². The molecule has 3 heterocycles. The lowest BCUT2D eigenvalue weighted by Gasteiger charge is -2.20.